The number of aromatic nitrogens is 1. The maximum atomic E-state index is 12.8. The first kappa shape index (κ1) is 11.4. The minimum atomic E-state index is -0.246. The van der Waals surface area contributed by atoms with Gasteiger partial charge in [0, 0.05) is 11.5 Å². The maximum absolute atomic E-state index is 12.8. The third-order valence-corrected chi connectivity index (χ3v) is 3.37. The molecule has 1 N–H and O–H groups in total. The second-order valence-electron chi connectivity index (χ2n) is 4.61. The third kappa shape index (κ3) is 2.29. The Bertz CT molecular complexity index is 515. The topological polar surface area (TPSA) is 38.1 Å². The summed E-state index contributed by atoms with van der Waals surface area (Å²) < 4.78 is 18.3. The molecule has 0 aliphatic carbocycles. The second-order valence-corrected chi connectivity index (χ2v) is 4.61. The van der Waals surface area contributed by atoms with Crippen LogP contribution in [0, 0.1) is 5.82 Å². The summed E-state index contributed by atoms with van der Waals surface area (Å²) in [5, 5.41) is 3.33. The average molecular weight is 246 g/mol. The van der Waals surface area contributed by atoms with Gasteiger partial charge in [-0.05, 0) is 50.2 Å². The van der Waals surface area contributed by atoms with Crippen molar-refractivity contribution in [1.82, 2.24) is 10.3 Å². The van der Waals surface area contributed by atoms with E-state index in [0.29, 0.717) is 11.8 Å². The van der Waals surface area contributed by atoms with Gasteiger partial charge in [-0.2, -0.15) is 0 Å². The molecule has 4 heteroatoms. The van der Waals surface area contributed by atoms with E-state index < -0.39 is 0 Å². The van der Waals surface area contributed by atoms with Crippen molar-refractivity contribution in [3.05, 3.63) is 42.0 Å². The van der Waals surface area contributed by atoms with Gasteiger partial charge in [0.2, 0.25) is 5.89 Å². The van der Waals surface area contributed by atoms with Gasteiger partial charge in [-0.3, -0.25) is 0 Å². The second kappa shape index (κ2) is 4.90. The molecule has 1 saturated heterocycles. The predicted octanol–water partition coefficient (Wildman–Crippen LogP) is 2.95. The molecule has 0 saturated carbocycles. The van der Waals surface area contributed by atoms with Gasteiger partial charge in [-0.1, -0.05) is 0 Å². The quantitative estimate of drug-likeness (QED) is 0.885. The Morgan fingerprint density at radius 3 is 2.61 bits per heavy atom. The van der Waals surface area contributed by atoms with Crippen molar-refractivity contribution in [3.8, 4) is 11.5 Å². The first-order chi connectivity index (χ1) is 8.83. The fourth-order valence-electron chi connectivity index (χ4n) is 2.32. The van der Waals surface area contributed by atoms with Crippen LogP contribution < -0.4 is 5.32 Å². The zero-order valence-electron chi connectivity index (χ0n) is 10.0. The highest BCUT2D eigenvalue weighted by Gasteiger charge is 2.19. The van der Waals surface area contributed by atoms with Crippen LogP contribution in [0.25, 0.3) is 11.5 Å². The van der Waals surface area contributed by atoms with Crippen LogP contribution in [0.15, 0.2) is 34.9 Å². The minimum Gasteiger partial charge on any atom is -0.444 e. The largest absolute Gasteiger partial charge is 0.444 e. The van der Waals surface area contributed by atoms with Crippen LogP contribution in [0.2, 0.25) is 0 Å². The van der Waals surface area contributed by atoms with Crippen LogP contribution in [0.5, 0.6) is 0 Å². The number of hydrogen-bond donors (Lipinski definition) is 1. The highest BCUT2D eigenvalue weighted by atomic mass is 19.1. The normalized spacial score (nSPS) is 16.9. The SMILES string of the molecule is Fc1ccc(-c2nc(C3CCNCC3)co2)cc1. The van der Waals surface area contributed by atoms with E-state index in [1.54, 1.807) is 18.4 Å². The molecule has 1 aliphatic rings. The predicted molar refractivity (Wildman–Crippen MR) is 66.7 cm³/mol. The molecule has 0 spiro atoms. The molecule has 1 fully saturated rings. The van der Waals surface area contributed by atoms with Gasteiger partial charge in [-0.25, -0.2) is 9.37 Å². The fraction of sp³-hybridized carbons (Fsp3) is 0.357. The molecule has 3 nitrogen and oxygen atoms in total. The number of benzene rings is 1. The first-order valence-corrected chi connectivity index (χ1v) is 6.25. The maximum Gasteiger partial charge on any atom is 0.226 e. The Morgan fingerprint density at radius 1 is 1.17 bits per heavy atom. The first-order valence-electron chi connectivity index (χ1n) is 6.25. The van der Waals surface area contributed by atoms with Crippen LogP contribution in [-0.2, 0) is 0 Å². The van der Waals surface area contributed by atoms with Crippen molar-refractivity contribution in [2.75, 3.05) is 13.1 Å². The zero-order valence-corrected chi connectivity index (χ0v) is 10.0. The molecule has 0 bridgehead atoms. The van der Waals surface area contributed by atoms with Crippen LogP contribution in [0.3, 0.4) is 0 Å². The van der Waals surface area contributed by atoms with Crippen LogP contribution in [-0.4, -0.2) is 18.1 Å². The fourth-order valence-corrected chi connectivity index (χ4v) is 2.32. The number of halogens is 1. The van der Waals surface area contributed by atoms with Gasteiger partial charge >= 0.3 is 0 Å². The van der Waals surface area contributed by atoms with Gasteiger partial charge in [0.15, 0.2) is 0 Å². The summed E-state index contributed by atoms with van der Waals surface area (Å²) in [6.07, 6.45) is 3.92. The molecule has 0 radical (unpaired) electrons. The third-order valence-electron chi connectivity index (χ3n) is 3.37. The standard InChI is InChI=1S/C14H15FN2O/c15-12-3-1-11(2-4-12)14-17-13(9-18-14)10-5-7-16-8-6-10/h1-4,9-10,16H,5-8H2. The molecular formula is C14H15FN2O. The Labute approximate surface area is 105 Å². The van der Waals surface area contributed by atoms with Crippen molar-refractivity contribution in [2.24, 2.45) is 0 Å². The van der Waals surface area contributed by atoms with E-state index in [4.69, 9.17) is 4.42 Å². The summed E-state index contributed by atoms with van der Waals surface area (Å²) in [6, 6.07) is 6.22. The van der Waals surface area contributed by atoms with Crippen molar-refractivity contribution in [3.63, 3.8) is 0 Å². The van der Waals surface area contributed by atoms with Crippen molar-refractivity contribution in [2.45, 2.75) is 18.8 Å². The van der Waals surface area contributed by atoms with E-state index in [-0.39, 0.29) is 5.82 Å². The van der Waals surface area contributed by atoms with Crippen LogP contribution >= 0.6 is 0 Å². The number of hydrogen-bond acceptors (Lipinski definition) is 3. The highest BCUT2D eigenvalue weighted by Crippen LogP contribution is 2.27. The molecule has 1 aromatic carbocycles. The molecule has 3 rings (SSSR count). The monoisotopic (exact) mass is 246 g/mol. The zero-order chi connectivity index (χ0) is 12.4. The molecule has 1 aliphatic heterocycles. The summed E-state index contributed by atoms with van der Waals surface area (Å²) in [4.78, 5) is 4.52. The smallest absolute Gasteiger partial charge is 0.226 e. The Morgan fingerprint density at radius 2 is 1.89 bits per heavy atom. The molecule has 18 heavy (non-hydrogen) atoms. The van der Waals surface area contributed by atoms with Crippen LogP contribution in [0.1, 0.15) is 24.5 Å². The lowest BCUT2D eigenvalue weighted by Gasteiger charge is -2.20. The van der Waals surface area contributed by atoms with E-state index in [2.05, 4.69) is 10.3 Å². The lowest BCUT2D eigenvalue weighted by atomic mass is 9.95. The molecule has 2 aromatic rings. The highest BCUT2D eigenvalue weighted by molar-refractivity contribution is 5.52. The number of nitrogens with zero attached hydrogens (tertiary/aromatic N) is 1. The summed E-state index contributed by atoms with van der Waals surface area (Å²) >= 11 is 0. The van der Waals surface area contributed by atoms with E-state index >= 15 is 0 Å². The molecule has 94 valence electrons. The summed E-state index contributed by atoms with van der Waals surface area (Å²) in [5.74, 6) is 0.802. The van der Waals surface area contributed by atoms with Crippen molar-refractivity contribution < 1.29 is 8.81 Å². The summed E-state index contributed by atoms with van der Waals surface area (Å²) in [7, 11) is 0. The summed E-state index contributed by atoms with van der Waals surface area (Å²) in [5.41, 5.74) is 1.83. The number of nitrogens with one attached hydrogen (secondary N) is 1. The molecule has 2 heterocycles. The van der Waals surface area contributed by atoms with Gasteiger partial charge < -0.3 is 9.73 Å². The molecular weight excluding hydrogens is 231 g/mol. The van der Waals surface area contributed by atoms with Gasteiger partial charge in [0.05, 0.1) is 5.69 Å². The van der Waals surface area contributed by atoms with Gasteiger partial charge in [0.1, 0.15) is 12.1 Å². The lowest BCUT2D eigenvalue weighted by Crippen LogP contribution is -2.26. The molecule has 1 aromatic heterocycles. The van der Waals surface area contributed by atoms with Gasteiger partial charge in [0.25, 0.3) is 0 Å². The Balaban J connectivity index is 1.82. The summed E-state index contributed by atoms with van der Waals surface area (Å²) in [6.45, 7) is 2.06. The molecule has 0 amide bonds. The number of piperidine rings is 1. The number of rotatable bonds is 2. The molecule has 0 atom stereocenters. The van der Waals surface area contributed by atoms with E-state index in [1.165, 1.54) is 12.1 Å². The average Bonchev–Trinajstić information content (AvgIpc) is 2.90. The van der Waals surface area contributed by atoms with Gasteiger partial charge in [-0.15, -0.1) is 0 Å². The Hall–Kier alpha value is -1.68. The lowest BCUT2D eigenvalue weighted by molar-refractivity contribution is 0.451. The van der Waals surface area contributed by atoms with E-state index in [0.717, 1.165) is 37.2 Å². The van der Waals surface area contributed by atoms with Crippen LogP contribution in [0.4, 0.5) is 4.39 Å². The Kier molecular flexibility index (Phi) is 3.11. The number of oxazole rings is 1. The molecule has 0 unspecified atom stereocenters. The minimum absolute atomic E-state index is 0.246. The van der Waals surface area contributed by atoms with E-state index in [9.17, 15) is 4.39 Å². The van der Waals surface area contributed by atoms with E-state index in [1.807, 2.05) is 0 Å². The van der Waals surface area contributed by atoms with Crippen molar-refractivity contribution >= 4 is 0 Å². The van der Waals surface area contributed by atoms with Crippen molar-refractivity contribution in [1.29, 1.82) is 0 Å².